The third-order valence-corrected chi connectivity index (χ3v) is 6.92. The SMILES string of the molecule is CC(C)CCN(CCC(C)C)C(=O)CN1C(=O)NC2(CCCc3sccc32)C1=O. The normalized spacial score (nSPS) is 21.2. The van der Waals surface area contributed by atoms with Gasteiger partial charge >= 0.3 is 6.03 Å². The molecule has 0 saturated carbocycles. The Morgan fingerprint density at radius 3 is 2.48 bits per heavy atom. The zero-order chi connectivity index (χ0) is 21.2. The molecule has 1 saturated heterocycles. The van der Waals surface area contributed by atoms with Crippen molar-refractivity contribution in [3.8, 4) is 0 Å². The van der Waals surface area contributed by atoms with E-state index in [4.69, 9.17) is 0 Å². The number of aryl methyl sites for hydroxylation is 1. The zero-order valence-electron chi connectivity index (χ0n) is 18.0. The van der Waals surface area contributed by atoms with Crippen LogP contribution in [-0.2, 0) is 21.5 Å². The maximum Gasteiger partial charge on any atom is 0.325 e. The molecule has 2 heterocycles. The second-order valence-electron chi connectivity index (χ2n) is 9.08. The monoisotopic (exact) mass is 419 g/mol. The molecule has 0 aromatic carbocycles. The lowest BCUT2D eigenvalue weighted by Crippen LogP contribution is -2.47. The number of fused-ring (bicyclic) bond motifs is 2. The number of nitrogens with one attached hydrogen (secondary N) is 1. The van der Waals surface area contributed by atoms with Crippen LogP contribution in [0.15, 0.2) is 11.4 Å². The molecule has 0 bridgehead atoms. The fourth-order valence-corrected chi connectivity index (χ4v) is 5.11. The van der Waals surface area contributed by atoms with Crippen molar-refractivity contribution in [2.24, 2.45) is 11.8 Å². The summed E-state index contributed by atoms with van der Waals surface area (Å²) in [6.07, 6.45) is 4.21. The summed E-state index contributed by atoms with van der Waals surface area (Å²) in [5.41, 5.74) is -0.0652. The van der Waals surface area contributed by atoms with E-state index in [-0.39, 0.29) is 18.4 Å². The summed E-state index contributed by atoms with van der Waals surface area (Å²) in [5.74, 6) is 0.559. The minimum Gasteiger partial charge on any atom is -0.341 e. The van der Waals surface area contributed by atoms with Gasteiger partial charge in [-0.3, -0.25) is 14.5 Å². The van der Waals surface area contributed by atoms with E-state index in [2.05, 4.69) is 33.0 Å². The second kappa shape index (κ2) is 8.86. The number of carbonyl (C=O) groups excluding carboxylic acids is 3. The number of carbonyl (C=O) groups is 3. The molecule has 1 aliphatic heterocycles. The van der Waals surface area contributed by atoms with Crippen molar-refractivity contribution in [3.05, 3.63) is 21.9 Å². The van der Waals surface area contributed by atoms with Gasteiger partial charge in [-0.2, -0.15) is 0 Å². The Morgan fingerprint density at radius 1 is 1.21 bits per heavy atom. The minimum atomic E-state index is -0.981. The van der Waals surface area contributed by atoms with Gasteiger partial charge in [0.2, 0.25) is 5.91 Å². The van der Waals surface area contributed by atoms with Crippen LogP contribution in [-0.4, -0.2) is 47.3 Å². The van der Waals surface area contributed by atoms with Crippen LogP contribution in [0.2, 0.25) is 0 Å². The van der Waals surface area contributed by atoms with Crippen LogP contribution in [0.5, 0.6) is 0 Å². The molecule has 3 rings (SSSR count). The Kier molecular flexibility index (Phi) is 6.66. The maximum absolute atomic E-state index is 13.3. The van der Waals surface area contributed by atoms with E-state index >= 15 is 0 Å². The lowest BCUT2D eigenvalue weighted by molar-refractivity contribution is -0.139. The van der Waals surface area contributed by atoms with Crippen molar-refractivity contribution in [2.45, 2.75) is 65.3 Å². The summed E-state index contributed by atoms with van der Waals surface area (Å²) in [6.45, 7) is 9.67. The number of hydrogen-bond donors (Lipinski definition) is 1. The van der Waals surface area contributed by atoms with Crippen molar-refractivity contribution in [1.29, 1.82) is 0 Å². The summed E-state index contributed by atoms with van der Waals surface area (Å²) in [5, 5.41) is 4.91. The van der Waals surface area contributed by atoms with Gasteiger partial charge in [0.1, 0.15) is 12.1 Å². The molecule has 7 heteroatoms. The first-order valence-corrected chi connectivity index (χ1v) is 11.6. The molecular formula is C22H33N3O3S. The van der Waals surface area contributed by atoms with Gasteiger partial charge in [0.15, 0.2) is 0 Å². The topological polar surface area (TPSA) is 69.7 Å². The van der Waals surface area contributed by atoms with Gasteiger partial charge in [0.05, 0.1) is 0 Å². The zero-order valence-corrected chi connectivity index (χ0v) is 18.8. The lowest BCUT2D eigenvalue weighted by atomic mass is 9.80. The molecule has 0 radical (unpaired) electrons. The van der Waals surface area contributed by atoms with E-state index in [0.29, 0.717) is 31.3 Å². The van der Waals surface area contributed by atoms with E-state index in [0.717, 1.165) is 41.0 Å². The molecular weight excluding hydrogens is 386 g/mol. The summed E-state index contributed by atoms with van der Waals surface area (Å²) >= 11 is 1.63. The highest BCUT2D eigenvalue weighted by Crippen LogP contribution is 2.42. The Bertz CT molecular complexity index is 761. The highest BCUT2D eigenvalue weighted by molar-refractivity contribution is 7.10. The molecule has 1 N–H and O–H groups in total. The fourth-order valence-electron chi connectivity index (χ4n) is 4.11. The van der Waals surface area contributed by atoms with Gasteiger partial charge in [-0.05, 0) is 55.4 Å². The summed E-state index contributed by atoms with van der Waals surface area (Å²) in [4.78, 5) is 43.2. The molecule has 6 nitrogen and oxygen atoms in total. The largest absolute Gasteiger partial charge is 0.341 e. The third-order valence-electron chi connectivity index (χ3n) is 5.94. The van der Waals surface area contributed by atoms with Crippen LogP contribution in [0, 0.1) is 11.8 Å². The Hall–Kier alpha value is -1.89. The van der Waals surface area contributed by atoms with Crippen LogP contribution in [0.25, 0.3) is 0 Å². The molecule has 1 spiro atoms. The number of hydrogen-bond acceptors (Lipinski definition) is 4. The predicted octanol–water partition coefficient (Wildman–Crippen LogP) is 3.75. The number of imide groups is 1. The number of amides is 4. The van der Waals surface area contributed by atoms with Crippen molar-refractivity contribution in [3.63, 3.8) is 0 Å². The molecule has 2 aliphatic rings. The molecule has 160 valence electrons. The van der Waals surface area contributed by atoms with Gasteiger partial charge in [0.25, 0.3) is 5.91 Å². The highest BCUT2D eigenvalue weighted by Gasteiger charge is 2.54. The predicted molar refractivity (Wildman–Crippen MR) is 115 cm³/mol. The van der Waals surface area contributed by atoms with Crippen molar-refractivity contribution in [2.75, 3.05) is 19.6 Å². The van der Waals surface area contributed by atoms with E-state index in [1.54, 1.807) is 11.3 Å². The molecule has 29 heavy (non-hydrogen) atoms. The van der Waals surface area contributed by atoms with E-state index in [9.17, 15) is 14.4 Å². The molecule has 1 atom stereocenters. The van der Waals surface area contributed by atoms with Gasteiger partial charge in [-0.25, -0.2) is 4.79 Å². The minimum absolute atomic E-state index is 0.145. The molecule has 1 aliphatic carbocycles. The first kappa shape index (κ1) is 21.8. The molecule has 1 fully saturated rings. The first-order chi connectivity index (χ1) is 13.7. The highest BCUT2D eigenvalue weighted by atomic mass is 32.1. The van der Waals surface area contributed by atoms with E-state index < -0.39 is 11.6 Å². The van der Waals surface area contributed by atoms with Gasteiger partial charge in [-0.1, -0.05) is 27.7 Å². The lowest BCUT2D eigenvalue weighted by Gasteiger charge is -2.31. The average molecular weight is 420 g/mol. The second-order valence-corrected chi connectivity index (χ2v) is 10.1. The quantitative estimate of drug-likeness (QED) is 0.653. The number of nitrogens with zero attached hydrogens (tertiary/aromatic N) is 2. The van der Waals surface area contributed by atoms with E-state index in [1.165, 1.54) is 0 Å². The molecule has 1 aromatic rings. The fraction of sp³-hybridized carbons (Fsp3) is 0.682. The Morgan fingerprint density at radius 2 is 1.86 bits per heavy atom. The summed E-state index contributed by atoms with van der Waals surface area (Å²) in [6, 6.07) is 1.50. The average Bonchev–Trinajstić information content (AvgIpc) is 3.22. The Balaban J connectivity index is 1.74. The van der Waals surface area contributed by atoms with Crippen molar-refractivity contribution in [1.82, 2.24) is 15.1 Å². The van der Waals surface area contributed by atoms with Gasteiger partial charge in [0, 0.05) is 23.5 Å². The summed E-state index contributed by atoms with van der Waals surface area (Å²) in [7, 11) is 0. The van der Waals surface area contributed by atoms with Crippen molar-refractivity contribution >= 4 is 29.2 Å². The van der Waals surface area contributed by atoms with Crippen LogP contribution in [0.1, 0.15) is 63.8 Å². The third kappa shape index (κ3) is 4.49. The molecule has 4 amide bonds. The molecule has 1 aromatic heterocycles. The molecule has 1 unspecified atom stereocenters. The van der Waals surface area contributed by atoms with Gasteiger partial charge in [-0.15, -0.1) is 11.3 Å². The Labute approximate surface area is 177 Å². The number of rotatable bonds is 8. The van der Waals surface area contributed by atoms with Crippen LogP contribution in [0.3, 0.4) is 0 Å². The van der Waals surface area contributed by atoms with Gasteiger partial charge < -0.3 is 10.2 Å². The standard InChI is InChI=1S/C22H33N3O3S/c1-15(2)7-11-24(12-8-16(3)4)19(26)14-25-20(27)22(23-21(25)28)10-5-6-18-17(22)9-13-29-18/h9,13,15-16H,5-8,10-12,14H2,1-4H3,(H,23,28). The number of thiophene rings is 1. The van der Waals surface area contributed by atoms with Crippen LogP contribution >= 0.6 is 11.3 Å². The maximum atomic E-state index is 13.3. The van der Waals surface area contributed by atoms with Crippen LogP contribution in [0.4, 0.5) is 4.79 Å². The van der Waals surface area contributed by atoms with E-state index in [1.807, 2.05) is 16.3 Å². The summed E-state index contributed by atoms with van der Waals surface area (Å²) < 4.78 is 0. The number of urea groups is 1. The first-order valence-electron chi connectivity index (χ1n) is 10.7. The smallest absolute Gasteiger partial charge is 0.325 e. The van der Waals surface area contributed by atoms with Crippen molar-refractivity contribution < 1.29 is 14.4 Å². The van der Waals surface area contributed by atoms with Crippen LogP contribution < -0.4 is 5.32 Å².